The fraction of sp³-hybridized carbons (Fsp3) is 0.200. The van der Waals surface area contributed by atoms with E-state index in [0.29, 0.717) is 0 Å². The number of hydrogen-bond acceptors (Lipinski definition) is 3. The maximum Gasteiger partial charge on any atom is 0.132 e. The third-order valence-corrected chi connectivity index (χ3v) is 0.574. The Kier molecular flexibility index (Phi) is 3.70. The van der Waals surface area contributed by atoms with Gasteiger partial charge in [0.15, 0.2) is 0 Å². The lowest BCUT2D eigenvalue weighted by atomic mass is 10.5. The topological polar surface area (TPSA) is 44.3 Å². The molecule has 0 atom stereocenters. The van der Waals surface area contributed by atoms with Gasteiger partial charge in [-0.05, 0) is 6.08 Å². The van der Waals surface area contributed by atoms with Gasteiger partial charge in [0.25, 0.3) is 0 Å². The maximum absolute atomic E-state index is 8.63. The van der Waals surface area contributed by atoms with Crippen LogP contribution in [-0.4, -0.2) is 12.2 Å². The number of allylic oxidation sites excluding steroid dienone is 1. The molecule has 0 aromatic carbocycles. The van der Waals surface area contributed by atoms with Crippen molar-refractivity contribution in [1.82, 2.24) is 10.9 Å². The Balaban J connectivity index is 3.40. The molecule has 0 spiro atoms. The minimum atomic E-state index is 0.111. The highest BCUT2D eigenvalue weighted by molar-refractivity contribution is 5.04. The van der Waals surface area contributed by atoms with E-state index < -0.39 is 0 Å². The lowest BCUT2D eigenvalue weighted by Crippen LogP contribution is -2.21. The fourth-order valence-electron chi connectivity index (χ4n) is 0.205. The minimum Gasteiger partial charge on any atom is -0.506 e. The quantitative estimate of drug-likeness (QED) is 0.281. The molecule has 0 rings (SSSR count). The Morgan fingerprint density at radius 2 is 2.38 bits per heavy atom. The van der Waals surface area contributed by atoms with Crippen LogP contribution in [0.25, 0.3) is 0 Å². The molecular formula is C5H10N2O. The smallest absolute Gasteiger partial charge is 0.132 e. The molecule has 0 aromatic heterocycles. The number of aliphatic hydroxyl groups is 1. The standard InChI is InChI=1S/C5H10N2O/c1-3-5(8)4-7-6-2/h3-4,6-8H,1H2,2H3/b5-4+. The summed E-state index contributed by atoms with van der Waals surface area (Å²) < 4.78 is 0. The molecule has 0 radical (unpaired) electrons. The van der Waals surface area contributed by atoms with Crippen molar-refractivity contribution in [3.05, 3.63) is 24.6 Å². The van der Waals surface area contributed by atoms with Crippen LogP contribution in [0.2, 0.25) is 0 Å². The van der Waals surface area contributed by atoms with E-state index in [-0.39, 0.29) is 5.76 Å². The van der Waals surface area contributed by atoms with Gasteiger partial charge < -0.3 is 10.5 Å². The Morgan fingerprint density at radius 3 is 2.75 bits per heavy atom. The molecule has 8 heavy (non-hydrogen) atoms. The van der Waals surface area contributed by atoms with Crippen molar-refractivity contribution in [2.24, 2.45) is 0 Å². The van der Waals surface area contributed by atoms with Crippen molar-refractivity contribution >= 4 is 0 Å². The summed E-state index contributed by atoms with van der Waals surface area (Å²) in [5.74, 6) is 0.111. The molecular weight excluding hydrogens is 104 g/mol. The Labute approximate surface area is 48.7 Å². The molecule has 0 bridgehead atoms. The van der Waals surface area contributed by atoms with Crippen LogP contribution in [0.15, 0.2) is 24.6 Å². The summed E-state index contributed by atoms with van der Waals surface area (Å²) in [6.07, 6.45) is 2.73. The van der Waals surface area contributed by atoms with Crippen molar-refractivity contribution in [1.29, 1.82) is 0 Å². The molecule has 0 saturated carbocycles. The summed E-state index contributed by atoms with van der Waals surface area (Å²) in [6.45, 7) is 3.33. The Hall–Kier alpha value is -0.960. The first-order valence-corrected chi connectivity index (χ1v) is 2.25. The van der Waals surface area contributed by atoms with Gasteiger partial charge in [-0.3, -0.25) is 0 Å². The van der Waals surface area contributed by atoms with Gasteiger partial charge in [0.2, 0.25) is 0 Å². The molecule has 0 amide bonds. The molecule has 3 heteroatoms. The zero-order valence-electron chi connectivity index (χ0n) is 4.81. The Morgan fingerprint density at radius 1 is 1.75 bits per heavy atom. The first-order valence-electron chi connectivity index (χ1n) is 2.25. The maximum atomic E-state index is 8.63. The van der Waals surface area contributed by atoms with Crippen molar-refractivity contribution in [2.75, 3.05) is 7.05 Å². The molecule has 3 nitrogen and oxygen atoms in total. The molecule has 0 unspecified atom stereocenters. The molecule has 46 valence electrons. The van der Waals surface area contributed by atoms with Crippen LogP contribution in [0.1, 0.15) is 0 Å². The van der Waals surface area contributed by atoms with Gasteiger partial charge in [-0.2, -0.15) is 0 Å². The number of rotatable bonds is 3. The molecule has 0 aliphatic rings. The average molecular weight is 114 g/mol. The van der Waals surface area contributed by atoms with E-state index in [1.165, 1.54) is 12.3 Å². The predicted octanol–water partition coefficient (Wildman–Crippen LogP) is 0.296. The third kappa shape index (κ3) is 3.24. The van der Waals surface area contributed by atoms with E-state index >= 15 is 0 Å². The minimum absolute atomic E-state index is 0.111. The van der Waals surface area contributed by atoms with E-state index in [0.717, 1.165) is 0 Å². The van der Waals surface area contributed by atoms with Gasteiger partial charge in [-0.25, -0.2) is 5.43 Å². The Bertz CT molecular complexity index is 98.6. The lowest BCUT2D eigenvalue weighted by molar-refractivity contribution is 0.425. The molecule has 0 aromatic rings. The van der Waals surface area contributed by atoms with Gasteiger partial charge in [0.1, 0.15) is 5.76 Å². The van der Waals surface area contributed by atoms with Crippen LogP contribution < -0.4 is 10.9 Å². The molecule has 3 N–H and O–H groups in total. The normalized spacial score (nSPS) is 10.9. The van der Waals surface area contributed by atoms with Gasteiger partial charge in [-0.15, -0.1) is 0 Å². The van der Waals surface area contributed by atoms with Crippen molar-refractivity contribution in [3.63, 3.8) is 0 Å². The van der Waals surface area contributed by atoms with E-state index in [4.69, 9.17) is 5.11 Å². The van der Waals surface area contributed by atoms with E-state index in [9.17, 15) is 0 Å². The summed E-state index contributed by atoms with van der Waals surface area (Å²) in [4.78, 5) is 0. The summed E-state index contributed by atoms with van der Waals surface area (Å²) >= 11 is 0. The van der Waals surface area contributed by atoms with Crippen molar-refractivity contribution in [2.45, 2.75) is 0 Å². The summed E-state index contributed by atoms with van der Waals surface area (Å²) in [7, 11) is 1.70. The van der Waals surface area contributed by atoms with Crippen LogP contribution in [-0.2, 0) is 0 Å². The second-order valence-corrected chi connectivity index (χ2v) is 1.17. The van der Waals surface area contributed by atoms with E-state index in [1.807, 2.05) is 0 Å². The molecule has 0 fully saturated rings. The summed E-state index contributed by atoms with van der Waals surface area (Å²) in [5, 5.41) is 8.63. The number of nitrogens with one attached hydrogen (secondary N) is 2. The van der Waals surface area contributed by atoms with E-state index in [2.05, 4.69) is 17.4 Å². The highest BCUT2D eigenvalue weighted by Gasteiger charge is 1.76. The third-order valence-electron chi connectivity index (χ3n) is 0.574. The van der Waals surface area contributed by atoms with Crippen molar-refractivity contribution < 1.29 is 5.11 Å². The predicted molar refractivity (Wildman–Crippen MR) is 33.1 cm³/mol. The largest absolute Gasteiger partial charge is 0.506 e. The molecule has 0 aliphatic heterocycles. The SMILES string of the molecule is C=C/C(O)=C\NNC. The lowest BCUT2D eigenvalue weighted by Gasteiger charge is -1.93. The second-order valence-electron chi connectivity index (χ2n) is 1.17. The fourth-order valence-corrected chi connectivity index (χ4v) is 0.205. The van der Waals surface area contributed by atoms with Crippen LogP contribution in [0, 0.1) is 0 Å². The summed E-state index contributed by atoms with van der Waals surface area (Å²) in [5.41, 5.74) is 5.16. The summed E-state index contributed by atoms with van der Waals surface area (Å²) in [6, 6.07) is 0. The molecule has 0 aliphatic carbocycles. The number of hydrogen-bond donors (Lipinski definition) is 3. The average Bonchev–Trinajstić information content (AvgIpc) is 1.83. The number of aliphatic hydroxyl groups excluding tert-OH is 1. The highest BCUT2D eigenvalue weighted by atomic mass is 16.3. The van der Waals surface area contributed by atoms with Gasteiger partial charge in [0.05, 0.1) is 6.20 Å². The van der Waals surface area contributed by atoms with Crippen LogP contribution >= 0.6 is 0 Å². The monoisotopic (exact) mass is 114 g/mol. The highest BCUT2D eigenvalue weighted by Crippen LogP contribution is 1.81. The zero-order valence-corrected chi connectivity index (χ0v) is 4.81. The first kappa shape index (κ1) is 7.04. The van der Waals surface area contributed by atoms with E-state index in [1.54, 1.807) is 7.05 Å². The first-order chi connectivity index (χ1) is 3.81. The van der Waals surface area contributed by atoms with Crippen LogP contribution in [0.4, 0.5) is 0 Å². The molecule has 0 heterocycles. The van der Waals surface area contributed by atoms with Gasteiger partial charge >= 0.3 is 0 Å². The second kappa shape index (κ2) is 4.21. The molecule has 0 saturated heterocycles. The zero-order chi connectivity index (χ0) is 6.41. The van der Waals surface area contributed by atoms with Crippen LogP contribution in [0.5, 0.6) is 0 Å². The van der Waals surface area contributed by atoms with Gasteiger partial charge in [-0.1, -0.05) is 6.58 Å². The van der Waals surface area contributed by atoms with Crippen LogP contribution in [0.3, 0.4) is 0 Å². The van der Waals surface area contributed by atoms with Crippen molar-refractivity contribution in [3.8, 4) is 0 Å². The number of hydrazine groups is 1. The van der Waals surface area contributed by atoms with Gasteiger partial charge in [0, 0.05) is 7.05 Å².